The summed E-state index contributed by atoms with van der Waals surface area (Å²) in [6, 6.07) is 11.7. The minimum Gasteiger partial charge on any atom is -0.378 e. The highest BCUT2D eigenvalue weighted by molar-refractivity contribution is 7.93. The smallest absolute Gasteiger partial charge is 0.254 e. The summed E-state index contributed by atoms with van der Waals surface area (Å²) in [7, 11) is -3.29. The van der Waals surface area contributed by atoms with E-state index < -0.39 is 27.6 Å². The predicted octanol–water partition coefficient (Wildman–Crippen LogP) is 3.98. The van der Waals surface area contributed by atoms with Crippen molar-refractivity contribution in [2.45, 2.75) is 32.9 Å². The van der Waals surface area contributed by atoms with Gasteiger partial charge in [-0.1, -0.05) is 30.3 Å². The second kappa shape index (κ2) is 9.01. The average molecular weight is 405 g/mol. The number of benzene rings is 2. The molecule has 2 atom stereocenters. The zero-order valence-electron chi connectivity index (χ0n) is 16.4. The highest BCUT2D eigenvalue weighted by atomic mass is 32.2. The molecule has 0 heterocycles. The van der Waals surface area contributed by atoms with E-state index in [0.717, 1.165) is 22.8 Å². The number of halogens is 1. The van der Waals surface area contributed by atoms with E-state index in [2.05, 4.69) is 10.6 Å². The van der Waals surface area contributed by atoms with Gasteiger partial charge < -0.3 is 10.6 Å². The molecule has 0 saturated carbocycles. The van der Waals surface area contributed by atoms with Gasteiger partial charge in [0.25, 0.3) is 5.91 Å². The number of sulfone groups is 1. The maximum Gasteiger partial charge on any atom is 0.254 e. The van der Waals surface area contributed by atoms with Crippen LogP contribution in [0.4, 0.5) is 10.1 Å². The third-order valence-electron chi connectivity index (χ3n) is 4.23. The number of hydrogen-bond donors (Lipinski definition) is 2. The van der Waals surface area contributed by atoms with Crippen molar-refractivity contribution in [3.63, 3.8) is 0 Å². The number of carbonyl (C=O) groups excluding carboxylic acids is 1. The maximum absolute atomic E-state index is 14.4. The molecule has 0 fully saturated rings. The Morgan fingerprint density at radius 2 is 1.82 bits per heavy atom. The minimum absolute atomic E-state index is 0.0265. The molecule has 2 aromatic rings. The molecule has 0 aliphatic heterocycles. The Kier molecular flexibility index (Phi) is 6.96. The Balaban J connectivity index is 2.08. The van der Waals surface area contributed by atoms with E-state index in [4.69, 9.17) is 0 Å². The van der Waals surface area contributed by atoms with Gasteiger partial charge in [-0.15, -0.1) is 0 Å². The lowest BCUT2D eigenvalue weighted by molar-refractivity contribution is 0.0943. The summed E-state index contributed by atoms with van der Waals surface area (Å²) in [6.45, 7) is 5.61. The van der Waals surface area contributed by atoms with E-state index in [1.54, 1.807) is 13.0 Å². The van der Waals surface area contributed by atoms with Gasteiger partial charge in [0.1, 0.15) is 5.82 Å². The van der Waals surface area contributed by atoms with E-state index in [0.29, 0.717) is 5.69 Å². The third-order valence-corrected chi connectivity index (χ3v) is 4.88. The number of aryl methyl sites for hydroxylation is 1. The lowest BCUT2D eigenvalue weighted by Gasteiger charge is -2.18. The third kappa shape index (κ3) is 6.20. The molecule has 0 aliphatic rings. The van der Waals surface area contributed by atoms with Crippen LogP contribution in [0.5, 0.6) is 0 Å². The Labute approximate surface area is 165 Å². The van der Waals surface area contributed by atoms with Crippen LogP contribution in [0.15, 0.2) is 53.9 Å². The zero-order valence-corrected chi connectivity index (χ0v) is 17.2. The van der Waals surface area contributed by atoms with Crippen LogP contribution < -0.4 is 10.6 Å². The Morgan fingerprint density at radius 3 is 2.43 bits per heavy atom. The molecule has 2 rings (SSSR count). The molecule has 0 aliphatic carbocycles. The fraction of sp³-hybridized carbons (Fsp3) is 0.286. The summed E-state index contributed by atoms with van der Waals surface area (Å²) in [5.74, 6) is -1.26. The summed E-state index contributed by atoms with van der Waals surface area (Å²) in [5.41, 5.74) is 2.70. The monoisotopic (exact) mass is 404 g/mol. The number of anilines is 1. The number of amides is 1. The highest BCUT2D eigenvalue weighted by Crippen LogP contribution is 2.23. The van der Waals surface area contributed by atoms with Crippen LogP contribution in [0.3, 0.4) is 0 Å². The number of carbonyl (C=O) groups is 1. The first-order valence-corrected chi connectivity index (χ1v) is 10.8. The molecule has 1 amide bonds. The summed E-state index contributed by atoms with van der Waals surface area (Å²) in [5, 5.41) is 6.79. The van der Waals surface area contributed by atoms with Crippen molar-refractivity contribution in [1.29, 1.82) is 0 Å². The van der Waals surface area contributed by atoms with Crippen LogP contribution >= 0.6 is 0 Å². The molecule has 2 N–H and O–H groups in total. The van der Waals surface area contributed by atoms with Crippen LogP contribution in [0.1, 0.15) is 41.4 Å². The molecule has 0 bridgehead atoms. The quantitative estimate of drug-likeness (QED) is 0.732. The molecule has 150 valence electrons. The Hall–Kier alpha value is -2.67. The minimum atomic E-state index is -3.29. The molecule has 7 heteroatoms. The molecule has 0 radical (unpaired) electrons. The van der Waals surface area contributed by atoms with Gasteiger partial charge in [0.2, 0.25) is 0 Å². The first-order valence-electron chi connectivity index (χ1n) is 8.87. The Morgan fingerprint density at radius 1 is 1.14 bits per heavy atom. The largest absolute Gasteiger partial charge is 0.378 e. The molecule has 5 nitrogen and oxygen atoms in total. The SMILES string of the molecule is Cc1ccccc1[C@H](C)Nc1ccc(C(=O)N[C@H](C)/C=C/S(C)(=O)=O)c(F)c1. The average Bonchev–Trinajstić information content (AvgIpc) is 2.59. The van der Waals surface area contributed by atoms with E-state index in [1.807, 2.05) is 38.1 Å². The molecule has 28 heavy (non-hydrogen) atoms. The van der Waals surface area contributed by atoms with Gasteiger partial charge in [0.15, 0.2) is 9.84 Å². The number of hydrogen-bond acceptors (Lipinski definition) is 4. The maximum atomic E-state index is 14.4. The van der Waals surface area contributed by atoms with Crippen molar-refractivity contribution in [2.24, 2.45) is 0 Å². The Bertz CT molecular complexity index is 987. The van der Waals surface area contributed by atoms with Gasteiger partial charge >= 0.3 is 0 Å². The van der Waals surface area contributed by atoms with Crippen molar-refractivity contribution in [2.75, 3.05) is 11.6 Å². The van der Waals surface area contributed by atoms with E-state index in [1.165, 1.54) is 18.2 Å². The molecular weight excluding hydrogens is 379 g/mol. The standard InChI is InChI=1S/C21H25FN2O3S/c1-14-7-5-6-8-18(14)16(3)24-17-9-10-19(20(22)13-17)21(25)23-15(2)11-12-28(4,26)27/h5-13,15-16,24H,1-4H3,(H,23,25)/b12-11+/t15-,16+/m1/s1. The van der Waals surface area contributed by atoms with Crippen molar-refractivity contribution >= 4 is 21.4 Å². The molecule has 2 aromatic carbocycles. The normalized spacial score (nSPS) is 13.9. The number of rotatable bonds is 7. The second-order valence-corrected chi connectivity index (χ2v) is 8.77. The van der Waals surface area contributed by atoms with Crippen molar-refractivity contribution in [3.8, 4) is 0 Å². The van der Waals surface area contributed by atoms with Crippen molar-refractivity contribution < 1.29 is 17.6 Å². The fourth-order valence-electron chi connectivity index (χ4n) is 2.78. The molecular formula is C21H25FN2O3S. The van der Waals surface area contributed by atoms with Gasteiger partial charge in [-0.3, -0.25) is 4.79 Å². The van der Waals surface area contributed by atoms with Gasteiger partial charge in [-0.2, -0.15) is 0 Å². The van der Waals surface area contributed by atoms with Crippen LogP contribution in [0.25, 0.3) is 0 Å². The zero-order chi connectivity index (χ0) is 20.9. The van der Waals surface area contributed by atoms with Gasteiger partial charge in [-0.25, -0.2) is 12.8 Å². The van der Waals surface area contributed by atoms with Gasteiger partial charge in [0, 0.05) is 29.4 Å². The summed E-state index contributed by atoms with van der Waals surface area (Å²) in [4.78, 5) is 12.2. The lowest BCUT2D eigenvalue weighted by atomic mass is 10.0. The summed E-state index contributed by atoms with van der Waals surface area (Å²) in [6.07, 6.45) is 2.40. The second-order valence-electron chi connectivity index (χ2n) is 6.84. The molecule has 0 saturated heterocycles. The fourth-order valence-corrected chi connectivity index (χ4v) is 3.30. The summed E-state index contributed by atoms with van der Waals surface area (Å²) < 4.78 is 36.7. The van der Waals surface area contributed by atoms with Crippen LogP contribution in [-0.2, 0) is 9.84 Å². The topological polar surface area (TPSA) is 75.3 Å². The van der Waals surface area contributed by atoms with E-state index in [-0.39, 0.29) is 11.6 Å². The molecule has 0 unspecified atom stereocenters. The van der Waals surface area contributed by atoms with Crippen molar-refractivity contribution in [1.82, 2.24) is 5.32 Å². The van der Waals surface area contributed by atoms with E-state index in [9.17, 15) is 17.6 Å². The van der Waals surface area contributed by atoms with Gasteiger partial charge in [0.05, 0.1) is 5.56 Å². The first kappa shape index (κ1) is 21.6. The highest BCUT2D eigenvalue weighted by Gasteiger charge is 2.15. The van der Waals surface area contributed by atoms with Crippen LogP contribution in [0.2, 0.25) is 0 Å². The van der Waals surface area contributed by atoms with Crippen LogP contribution in [0, 0.1) is 12.7 Å². The lowest BCUT2D eigenvalue weighted by Crippen LogP contribution is -2.31. The van der Waals surface area contributed by atoms with Crippen LogP contribution in [-0.4, -0.2) is 26.6 Å². The number of nitrogens with one attached hydrogen (secondary N) is 2. The molecule has 0 aromatic heterocycles. The summed E-state index contributed by atoms with van der Waals surface area (Å²) >= 11 is 0. The molecule has 0 spiro atoms. The first-order chi connectivity index (χ1) is 13.1. The predicted molar refractivity (Wildman–Crippen MR) is 111 cm³/mol. The van der Waals surface area contributed by atoms with Crippen molar-refractivity contribution in [3.05, 3.63) is 76.5 Å². The van der Waals surface area contributed by atoms with Gasteiger partial charge in [-0.05, 0) is 50.1 Å². The van der Waals surface area contributed by atoms with E-state index >= 15 is 0 Å².